The van der Waals surface area contributed by atoms with Gasteiger partial charge in [0.05, 0.1) is 42.2 Å². The number of furan rings is 1. The van der Waals surface area contributed by atoms with E-state index in [2.05, 4.69) is 25.6 Å². The van der Waals surface area contributed by atoms with Crippen molar-refractivity contribution in [2.45, 2.75) is 31.9 Å². The number of pyridine rings is 1. The standard InChI is InChI=1S/C25H22N4O2/c1-2-5-17(6-3-1)15-31-25-11-19-20(12-27-21(19)13-28-25)23-14-26-16-29(23)22-7-4-8-24-18(22)9-10-30-24/h1-3,5-6,9-14,16,22,27H,4,7-8,15H2. The second-order valence-electron chi connectivity index (χ2n) is 7.94. The van der Waals surface area contributed by atoms with Crippen molar-refractivity contribution in [2.75, 3.05) is 0 Å². The number of benzene rings is 1. The first kappa shape index (κ1) is 18.0. The van der Waals surface area contributed by atoms with E-state index >= 15 is 0 Å². The second kappa shape index (κ2) is 7.47. The van der Waals surface area contributed by atoms with Crippen LogP contribution in [-0.4, -0.2) is 19.5 Å². The Morgan fingerprint density at radius 1 is 1.16 bits per heavy atom. The minimum Gasteiger partial charge on any atom is -0.473 e. The van der Waals surface area contributed by atoms with E-state index in [9.17, 15) is 0 Å². The lowest BCUT2D eigenvalue weighted by molar-refractivity contribution is 0.294. The van der Waals surface area contributed by atoms with Gasteiger partial charge in [-0.2, -0.15) is 0 Å². The van der Waals surface area contributed by atoms with E-state index in [4.69, 9.17) is 9.15 Å². The van der Waals surface area contributed by atoms with Crippen LogP contribution in [0.25, 0.3) is 22.2 Å². The summed E-state index contributed by atoms with van der Waals surface area (Å²) in [6.45, 7) is 0.488. The van der Waals surface area contributed by atoms with Crippen molar-refractivity contribution in [1.82, 2.24) is 19.5 Å². The molecule has 0 spiro atoms. The quantitative estimate of drug-likeness (QED) is 0.414. The lowest BCUT2D eigenvalue weighted by Gasteiger charge is -2.24. The molecule has 1 aliphatic carbocycles. The summed E-state index contributed by atoms with van der Waals surface area (Å²) in [6, 6.07) is 14.5. The van der Waals surface area contributed by atoms with Crippen LogP contribution >= 0.6 is 0 Å². The summed E-state index contributed by atoms with van der Waals surface area (Å²) in [5.74, 6) is 1.70. The van der Waals surface area contributed by atoms with E-state index < -0.39 is 0 Å². The molecule has 6 rings (SSSR count). The molecule has 1 N–H and O–H groups in total. The molecule has 1 aliphatic rings. The first-order valence-corrected chi connectivity index (χ1v) is 10.6. The summed E-state index contributed by atoms with van der Waals surface area (Å²) in [4.78, 5) is 12.3. The second-order valence-corrected chi connectivity index (χ2v) is 7.94. The number of aromatic nitrogens is 4. The molecule has 1 unspecified atom stereocenters. The third-order valence-electron chi connectivity index (χ3n) is 6.07. The first-order chi connectivity index (χ1) is 15.4. The Labute approximate surface area is 179 Å². The van der Waals surface area contributed by atoms with Crippen LogP contribution in [0.15, 0.2) is 78.1 Å². The van der Waals surface area contributed by atoms with E-state index in [-0.39, 0.29) is 6.04 Å². The average Bonchev–Trinajstić information content (AvgIpc) is 3.56. The fourth-order valence-corrected chi connectivity index (χ4v) is 4.54. The molecule has 0 bridgehead atoms. The van der Waals surface area contributed by atoms with Gasteiger partial charge in [-0.1, -0.05) is 30.3 Å². The summed E-state index contributed by atoms with van der Waals surface area (Å²) in [5, 5.41) is 1.07. The highest BCUT2D eigenvalue weighted by atomic mass is 16.5. The Bertz CT molecular complexity index is 1330. The van der Waals surface area contributed by atoms with Crippen molar-refractivity contribution in [3.63, 3.8) is 0 Å². The highest BCUT2D eigenvalue weighted by Gasteiger charge is 2.26. The fraction of sp³-hybridized carbons (Fsp3) is 0.200. The normalized spacial score (nSPS) is 15.8. The predicted octanol–water partition coefficient (Wildman–Crippen LogP) is 5.52. The monoisotopic (exact) mass is 410 g/mol. The van der Waals surface area contributed by atoms with Crippen molar-refractivity contribution >= 4 is 10.9 Å². The molecule has 0 saturated carbocycles. The predicted molar refractivity (Wildman–Crippen MR) is 118 cm³/mol. The molecular formula is C25H22N4O2. The van der Waals surface area contributed by atoms with E-state index in [0.717, 1.165) is 52.7 Å². The molecule has 1 aromatic carbocycles. The Balaban J connectivity index is 1.35. The number of hydrogen-bond donors (Lipinski definition) is 1. The lowest BCUT2D eigenvalue weighted by atomic mass is 9.93. The smallest absolute Gasteiger partial charge is 0.214 e. The number of fused-ring (bicyclic) bond motifs is 2. The Hall–Kier alpha value is -3.80. The summed E-state index contributed by atoms with van der Waals surface area (Å²) >= 11 is 0. The maximum Gasteiger partial charge on any atom is 0.214 e. The van der Waals surface area contributed by atoms with E-state index in [0.29, 0.717) is 12.5 Å². The third kappa shape index (κ3) is 3.20. The van der Waals surface area contributed by atoms with Gasteiger partial charge in [-0.3, -0.25) is 0 Å². The Morgan fingerprint density at radius 2 is 2.10 bits per heavy atom. The molecule has 4 heterocycles. The van der Waals surface area contributed by atoms with Gasteiger partial charge in [0.2, 0.25) is 5.88 Å². The highest BCUT2D eigenvalue weighted by molar-refractivity contribution is 5.94. The fourth-order valence-electron chi connectivity index (χ4n) is 4.54. The number of hydrogen-bond acceptors (Lipinski definition) is 4. The molecule has 0 aliphatic heterocycles. The minimum absolute atomic E-state index is 0.237. The van der Waals surface area contributed by atoms with Gasteiger partial charge < -0.3 is 18.7 Å². The van der Waals surface area contributed by atoms with Crippen molar-refractivity contribution in [3.05, 3.63) is 90.5 Å². The summed E-state index contributed by atoms with van der Waals surface area (Å²) in [5.41, 5.74) is 5.52. The first-order valence-electron chi connectivity index (χ1n) is 10.6. The molecule has 31 heavy (non-hydrogen) atoms. The molecule has 154 valence electrons. The van der Waals surface area contributed by atoms with Gasteiger partial charge in [-0.05, 0) is 24.5 Å². The molecule has 0 amide bonds. The maximum atomic E-state index is 5.96. The van der Waals surface area contributed by atoms with Crippen molar-refractivity contribution in [2.24, 2.45) is 0 Å². The van der Waals surface area contributed by atoms with Gasteiger partial charge in [-0.15, -0.1) is 0 Å². The van der Waals surface area contributed by atoms with E-state index in [1.807, 2.05) is 61.3 Å². The maximum absolute atomic E-state index is 5.96. The van der Waals surface area contributed by atoms with Crippen LogP contribution in [0.3, 0.4) is 0 Å². The number of aryl methyl sites for hydroxylation is 1. The summed E-state index contributed by atoms with van der Waals surface area (Å²) in [7, 11) is 0. The van der Waals surface area contributed by atoms with E-state index in [1.54, 1.807) is 6.26 Å². The van der Waals surface area contributed by atoms with Crippen LogP contribution in [0.4, 0.5) is 0 Å². The molecule has 5 aromatic rings. The molecule has 1 atom stereocenters. The van der Waals surface area contributed by atoms with Gasteiger partial charge in [0, 0.05) is 35.2 Å². The molecular weight excluding hydrogens is 388 g/mol. The largest absolute Gasteiger partial charge is 0.473 e. The summed E-state index contributed by atoms with van der Waals surface area (Å²) in [6.07, 6.45) is 12.7. The number of nitrogens with zero attached hydrogens (tertiary/aromatic N) is 3. The number of rotatable bonds is 5. The van der Waals surface area contributed by atoms with Crippen LogP contribution in [0.1, 0.15) is 35.8 Å². The zero-order valence-corrected chi connectivity index (χ0v) is 17.0. The molecule has 4 aromatic heterocycles. The topological polar surface area (TPSA) is 68.9 Å². The number of ether oxygens (including phenoxy) is 1. The van der Waals surface area contributed by atoms with Crippen LogP contribution in [0.2, 0.25) is 0 Å². The van der Waals surface area contributed by atoms with Gasteiger partial charge in [0.25, 0.3) is 0 Å². The average molecular weight is 410 g/mol. The zero-order chi connectivity index (χ0) is 20.6. The zero-order valence-electron chi connectivity index (χ0n) is 17.0. The number of H-pyrrole nitrogens is 1. The SMILES string of the molecule is c1ccc(COc2cc3c(-c4cncn4C4CCCc5occc54)c[nH]c3cn2)cc1. The van der Waals surface area contributed by atoms with Crippen LogP contribution in [0.5, 0.6) is 5.88 Å². The van der Waals surface area contributed by atoms with Crippen molar-refractivity contribution < 1.29 is 9.15 Å². The molecule has 0 saturated heterocycles. The van der Waals surface area contributed by atoms with Gasteiger partial charge in [0.15, 0.2) is 0 Å². The Kier molecular flexibility index (Phi) is 4.34. The molecule has 6 heteroatoms. The molecule has 6 nitrogen and oxygen atoms in total. The highest BCUT2D eigenvalue weighted by Crippen LogP contribution is 2.38. The molecule has 0 radical (unpaired) electrons. The van der Waals surface area contributed by atoms with Crippen molar-refractivity contribution in [3.8, 4) is 17.1 Å². The lowest BCUT2D eigenvalue weighted by Crippen LogP contribution is -2.16. The van der Waals surface area contributed by atoms with Crippen LogP contribution in [-0.2, 0) is 13.0 Å². The van der Waals surface area contributed by atoms with Gasteiger partial charge >= 0.3 is 0 Å². The number of imidazole rings is 1. The third-order valence-corrected chi connectivity index (χ3v) is 6.07. The Morgan fingerprint density at radius 3 is 3.03 bits per heavy atom. The van der Waals surface area contributed by atoms with Gasteiger partial charge in [0.1, 0.15) is 12.4 Å². The summed E-state index contributed by atoms with van der Waals surface area (Å²) < 4.78 is 13.9. The minimum atomic E-state index is 0.237. The van der Waals surface area contributed by atoms with Crippen LogP contribution < -0.4 is 4.74 Å². The van der Waals surface area contributed by atoms with Crippen molar-refractivity contribution in [1.29, 1.82) is 0 Å². The number of nitrogens with one attached hydrogen (secondary N) is 1. The van der Waals surface area contributed by atoms with E-state index in [1.165, 1.54) is 5.56 Å². The van der Waals surface area contributed by atoms with Gasteiger partial charge in [-0.25, -0.2) is 9.97 Å². The van der Waals surface area contributed by atoms with Crippen LogP contribution in [0, 0.1) is 0 Å². The number of aromatic amines is 1. The molecule has 0 fully saturated rings.